The fraction of sp³-hybridized carbons (Fsp3) is 0.448. The van der Waals surface area contributed by atoms with Crippen molar-refractivity contribution < 1.29 is 9.47 Å². The molecule has 1 fully saturated rings. The van der Waals surface area contributed by atoms with E-state index in [2.05, 4.69) is 14.9 Å². The zero-order valence-electron chi connectivity index (χ0n) is 22.9. The van der Waals surface area contributed by atoms with Crippen molar-refractivity contribution in [1.82, 2.24) is 19.1 Å². The first-order valence-electron chi connectivity index (χ1n) is 13.6. The maximum atomic E-state index is 13.6. The highest BCUT2D eigenvalue weighted by molar-refractivity contribution is 6.28. The number of hydrogen-bond acceptors (Lipinski definition) is 7. The van der Waals surface area contributed by atoms with Gasteiger partial charge in [-0.3, -0.25) is 13.9 Å². The molecule has 0 aliphatic carbocycles. The van der Waals surface area contributed by atoms with Gasteiger partial charge in [0.2, 0.25) is 5.28 Å². The number of anilines is 1. The number of aromatic nitrogens is 4. The van der Waals surface area contributed by atoms with Crippen LogP contribution in [0.15, 0.2) is 39.9 Å². The molecule has 0 radical (unpaired) electrons. The van der Waals surface area contributed by atoms with Crippen molar-refractivity contribution in [2.24, 2.45) is 0 Å². The van der Waals surface area contributed by atoms with Crippen LogP contribution < -0.4 is 25.6 Å². The van der Waals surface area contributed by atoms with Crippen molar-refractivity contribution in [2.45, 2.75) is 59.5 Å². The van der Waals surface area contributed by atoms with E-state index in [1.807, 2.05) is 58.0 Å². The van der Waals surface area contributed by atoms with Crippen LogP contribution in [0.3, 0.4) is 0 Å². The molecule has 0 bridgehead atoms. The Labute approximate surface area is 232 Å². The van der Waals surface area contributed by atoms with Crippen LogP contribution in [0, 0.1) is 6.92 Å². The molecule has 5 rings (SSSR count). The Morgan fingerprint density at radius 1 is 0.949 bits per heavy atom. The standard InChI is InChI=1S/C29H34ClN5O4/c1-5-12-34-23-9-8-18(4)15-21(23)27(36)35(29(34)37)19-10-13-33(14-11-19)26-20-16-24(38-6-2)25(39-7-3)17-22(20)31-28(30)32-26/h8-9,15-17,19H,5-7,10-14H2,1-4H3. The quantitative estimate of drug-likeness (QED) is 0.281. The summed E-state index contributed by atoms with van der Waals surface area (Å²) in [6.07, 6.45) is 2.05. The molecule has 0 spiro atoms. The second kappa shape index (κ2) is 11.3. The van der Waals surface area contributed by atoms with Crippen molar-refractivity contribution in [2.75, 3.05) is 31.2 Å². The zero-order chi connectivity index (χ0) is 27.7. The smallest absolute Gasteiger partial charge is 0.331 e. The van der Waals surface area contributed by atoms with Gasteiger partial charge in [-0.25, -0.2) is 9.78 Å². The first-order valence-corrected chi connectivity index (χ1v) is 14.0. The second-order valence-electron chi connectivity index (χ2n) is 9.85. The number of aryl methyl sites for hydroxylation is 2. The van der Waals surface area contributed by atoms with Gasteiger partial charge < -0.3 is 14.4 Å². The van der Waals surface area contributed by atoms with Crippen LogP contribution >= 0.6 is 11.6 Å². The molecule has 3 heterocycles. The normalized spacial score (nSPS) is 14.3. The molecule has 4 aromatic rings. The summed E-state index contributed by atoms with van der Waals surface area (Å²) in [4.78, 5) is 38.3. The van der Waals surface area contributed by atoms with Crippen molar-refractivity contribution in [3.8, 4) is 11.5 Å². The molecule has 10 heteroatoms. The summed E-state index contributed by atoms with van der Waals surface area (Å²) in [5.41, 5.74) is 1.91. The third-order valence-corrected chi connectivity index (χ3v) is 7.39. The van der Waals surface area contributed by atoms with Gasteiger partial charge in [0.05, 0.1) is 29.6 Å². The van der Waals surface area contributed by atoms with Crippen LogP contribution in [0.1, 0.15) is 51.6 Å². The Hall–Kier alpha value is -3.59. The van der Waals surface area contributed by atoms with Crippen LogP contribution in [-0.2, 0) is 6.54 Å². The molecule has 2 aromatic heterocycles. The van der Waals surface area contributed by atoms with E-state index in [-0.39, 0.29) is 22.6 Å². The molecule has 1 saturated heterocycles. The van der Waals surface area contributed by atoms with Crippen molar-refractivity contribution in [3.63, 3.8) is 0 Å². The zero-order valence-corrected chi connectivity index (χ0v) is 23.6. The molecule has 206 valence electrons. The van der Waals surface area contributed by atoms with E-state index in [1.165, 1.54) is 4.57 Å². The number of benzene rings is 2. The molecule has 1 aliphatic rings. The molecule has 39 heavy (non-hydrogen) atoms. The van der Waals surface area contributed by atoms with E-state index in [9.17, 15) is 9.59 Å². The number of ether oxygens (including phenoxy) is 2. The van der Waals surface area contributed by atoms with Crippen molar-refractivity contribution in [3.05, 3.63) is 62.0 Å². The number of halogens is 1. The van der Waals surface area contributed by atoms with Gasteiger partial charge in [0.1, 0.15) is 5.82 Å². The molecule has 1 aliphatic heterocycles. The minimum Gasteiger partial charge on any atom is -0.490 e. The second-order valence-corrected chi connectivity index (χ2v) is 10.2. The number of fused-ring (bicyclic) bond motifs is 2. The van der Waals surface area contributed by atoms with E-state index in [1.54, 1.807) is 4.57 Å². The average molecular weight is 552 g/mol. The summed E-state index contributed by atoms with van der Waals surface area (Å²) in [7, 11) is 0. The maximum absolute atomic E-state index is 13.6. The van der Waals surface area contributed by atoms with E-state index >= 15 is 0 Å². The molecule has 0 atom stereocenters. The van der Waals surface area contributed by atoms with E-state index in [0.717, 1.165) is 17.4 Å². The fourth-order valence-electron chi connectivity index (χ4n) is 5.47. The van der Waals surface area contributed by atoms with Crippen molar-refractivity contribution in [1.29, 1.82) is 0 Å². The summed E-state index contributed by atoms with van der Waals surface area (Å²) in [6, 6.07) is 9.24. The Bertz CT molecular complexity index is 1640. The van der Waals surface area contributed by atoms with Crippen LogP contribution in [-0.4, -0.2) is 45.4 Å². The van der Waals surface area contributed by atoms with E-state index < -0.39 is 0 Å². The Kier molecular flexibility index (Phi) is 7.79. The first-order chi connectivity index (χ1) is 18.9. The summed E-state index contributed by atoms with van der Waals surface area (Å²) in [5.74, 6) is 1.95. The first kappa shape index (κ1) is 27.0. The minimum absolute atomic E-state index is 0.148. The summed E-state index contributed by atoms with van der Waals surface area (Å²) in [6.45, 7) is 10.6. The Morgan fingerprint density at radius 2 is 1.64 bits per heavy atom. The lowest BCUT2D eigenvalue weighted by molar-refractivity contribution is 0.288. The lowest BCUT2D eigenvalue weighted by atomic mass is 10.0. The van der Waals surface area contributed by atoms with Gasteiger partial charge >= 0.3 is 5.69 Å². The SMILES string of the molecule is CCCn1c(=O)n(C2CCN(c3nc(Cl)nc4cc(OCC)c(OCC)cc34)CC2)c(=O)c2cc(C)ccc21. The highest BCUT2D eigenvalue weighted by Gasteiger charge is 2.27. The third-order valence-electron chi connectivity index (χ3n) is 7.22. The topological polar surface area (TPSA) is 91.5 Å². The van der Waals surface area contributed by atoms with Crippen LogP contribution in [0.5, 0.6) is 11.5 Å². The van der Waals surface area contributed by atoms with Crippen LogP contribution in [0.2, 0.25) is 5.28 Å². The lowest BCUT2D eigenvalue weighted by Gasteiger charge is -2.34. The molecular formula is C29H34ClN5O4. The van der Waals surface area contributed by atoms with Gasteiger partial charge in [0.15, 0.2) is 11.5 Å². The molecule has 2 aromatic carbocycles. The number of nitrogens with zero attached hydrogens (tertiary/aromatic N) is 5. The number of rotatable bonds is 8. The van der Waals surface area contributed by atoms with Gasteiger partial charge in [0.25, 0.3) is 5.56 Å². The average Bonchev–Trinajstić information content (AvgIpc) is 2.92. The Morgan fingerprint density at radius 3 is 2.31 bits per heavy atom. The summed E-state index contributed by atoms with van der Waals surface area (Å²) in [5, 5.41) is 1.55. The molecule has 0 unspecified atom stereocenters. The van der Waals surface area contributed by atoms with Crippen LogP contribution in [0.25, 0.3) is 21.8 Å². The Balaban J connectivity index is 1.51. The number of piperidine rings is 1. The predicted molar refractivity (Wildman–Crippen MR) is 155 cm³/mol. The summed E-state index contributed by atoms with van der Waals surface area (Å²) < 4.78 is 14.8. The van der Waals surface area contributed by atoms with Gasteiger partial charge in [-0.15, -0.1) is 0 Å². The maximum Gasteiger partial charge on any atom is 0.331 e. The van der Waals surface area contributed by atoms with Crippen molar-refractivity contribution >= 4 is 39.2 Å². The van der Waals surface area contributed by atoms with Gasteiger partial charge in [-0.2, -0.15) is 4.98 Å². The molecular weight excluding hydrogens is 518 g/mol. The van der Waals surface area contributed by atoms with Gasteiger partial charge in [-0.05, 0) is 69.8 Å². The molecule has 0 N–H and O–H groups in total. The number of hydrogen-bond donors (Lipinski definition) is 0. The molecule has 0 amide bonds. The largest absolute Gasteiger partial charge is 0.490 e. The molecule has 0 saturated carbocycles. The summed E-state index contributed by atoms with van der Waals surface area (Å²) >= 11 is 6.34. The van der Waals surface area contributed by atoms with E-state index in [0.29, 0.717) is 79.4 Å². The predicted octanol–water partition coefficient (Wildman–Crippen LogP) is 5.12. The highest BCUT2D eigenvalue weighted by atomic mass is 35.5. The third kappa shape index (κ3) is 5.07. The van der Waals surface area contributed by atoms with Gasteiger partial charge in [0, 0.05) is 37.1 Å². The molecule has 9 nitrogen and oxygen atoms in total. The minimum atomic E-state index is -0.239. The monoisotopic (exact) mass is 551 g/mol. The van der Waals surface area contributed by atoms with E-state index in [4.69, 9.17) is 21.1 Å². The highest BCUT2D eigenvalue weighted by Crippen LogP contribution is 2.37. The lowest BCUT2D eigenvalue weighted by Crippen LogP contribution is -2.46. The fourth-order valence-corrected chi connectivity index (χ4v) is 5.65. The van der Waals surface area contributed by atoms with Crippen LogP contribution in [0.4, 0.5) is 5.82 Å². The van der Waals surface area contributed by atoms with Gasteiger partial charge in [-0.1, -0.05) is 18.6 Å².